The van der Waals surface area contributed by atoms with Gasteiger partial charge in [-0.1, -0.05) is 6.42 Å². The van der Waals surface area contributed by atoms with Gasteiger partial charge < -0.3 is 10.6 Å². The third-order valence-electron chi connectivity index (χ3n) is 3.99. The van der Waals surface area contributed by atoms with Gasteiger partial charge in [-0.05, 0) is 31.2 Å². The van der Waals surface area contributed by atoms with Gasteiger partial charge in [0.25, 0.3) is 11.6 Å². The highest BCUT2D eigenvalue weighted by Gasteiger charge is 2.36. The van der Waals surface area contributed by atoms with Crippen molar-refractivity contribution in [3.05, 3.63) is 33.9 Å². The Hall–Kier alpha value is -1.76. The van der Waals surface area contributed by atoms with Gasteiger partial charge in [0.15, 0.2) is 0 Å². The van der Waals surface area contributed by atoms with Crippen LogP contribution in [-0.2, 0) is 0 Å². The molecule has 2 N–H and O–H groups in total. The van der Waals surface area contributed by atoms with E-state index in [1.54, 1.807) is 18.8 Å². The van der Waals surface area contributed by atoms with Gasteiger partial charge in [-0.15, -0.1) is 0 Å². The fourth-order valence-electron chi connectivity index (χ4n) is 2.40. The third-order valence-corrected chi connectivity index (χ3v) is 5.41. The summed E-state index contributed by atoms with van der Waals surface area (Å²) in [6, 6.07) is 4.36. The lowest BCUT2D eigenvalue weighted by atomic mass is 9.84. The van der Waals surface area contributed by atoms with E-state index in [4.69, 9.17) is 0 Å². The number of nitro groups is 1. The molecule has 0 unspecified atom stereocenters. The molecule has 0 radical (unpaired) electrons. The Morgan fingerprint density at radius 1 is 1.48 bits per heavy atom. The molecule has 2 rings (SSSR count). The van der Waals surface area contributed by atoms with Crippen LogP contribution in [-0.4, -0.2) is 35.4 Å². The highest BCUT2D eigenvalue weighted by atomic mass is 32.2. The second-order valence-corrected chi connectivity index (χ2v) is 6.44. The first-order valence-corrected chi connectivity index (χ1v) is 8.03. The number of carbonyl (C=O) groups excluding carboxylic acids is 1. The van der Waals surface area contributed by atoms with Gasteiger partial charge in [-0.3, -0.25) is 14.9 Å². The Labute approximate surface area is 127 Å². The number of amides is 1. The molecule has 0 aliphatic heterocycles. The quantitative estimate of drug-likeness (QED) is 0.623. The summed E-state index contributed by atoms with van der Waals surface area (Å²) in [7, 11) is 1.60. The minimum atomic E-state index is -0.468. The van der Waals surface area contributed by atoms with E-state index in [1.165, 1.54) is 24.6 Å². The molecule has 0 saturated heterocycles. The van der Waals surface area contributed by atoms with Gasteiger partial charge in [0.2, 0.25) is 0 Å². The van der Waals surface area contributed by atoms with Crippen molar-refractivity contribution in [2.75, 3.05) is 25.2 Å². The Morgan fingerprint density at radius 2 is 2.19 bits per heavy atom. The number of thioether (sulfide) groups is 1. The highest BCUT2D eigenvalue weighted by Crippen LogP contribution is 2.42. The van der Waals surface area contributed by atoms with Crippen molar-refractivity contribution in [1.82, 2.24) is 5.32 Å². The lowest BCUT2D eigenvalue weighted by molar-refractivity contribution is -0.383. The van der Waals surface area contributed by atoms with Crippen LogP contribution in [0.1, 0.15) is 29.6 Å². The van der Waals surface area contributed by atoms with Crippen molar-refractivity contribution < 1.29 is 9.72 Å². The Morgan fingerprint density at radius 3 is 2.67 bits per heavy atom. The molecular formula is C14H19N3O3S. The van der Waals surface area contributed by atoms with Gasteiger partial charge in [-0.2, -0.15) is 11.8 Å². The molecule has 6 nitrogen and oxygen atoms in total. The maximum Gasteiger partial charge on any atom is 0.292 e. The van der Waals surface area contributed by atoms with Gasteiger partial charge in [-0.25, -0.2) is 0 Å². The fourth-order valence-corrected chi connectivity index (χ4v) is 3.32. The maximum atomic E-state index is 12.2. The first-order chi connectivity index (χ1) is 10.0. The highest BCUT2D eigenvalue weighted by molar-refractivity contribution is 8.00. The van der Waals surface area contributed by atoms with E-state index in [2.05, 4.69) is 16.9 Å². The molecule has 1 aliphatic rings. The van der Waals surface area contributed by atoms with Crippen LogP contribution >= 0.6 is 11.8 Å². The molecular weight excluding hydrogens is 290 g/mol. The zero-order chi connectivity index (χ0) is 15.5. The number of hydrogen-bond acceptors (Lipinski definition) is 5. The van der Waals surface area contributed by atoms with Gasteiger partial charge in [0.1, 0.15) is 5.69 Å². The normalized spacial score (nSPS) is 15.9. The topological polar surface area (TPSA) is 84.3 Å². The Balaban J connectivity index is 2.07. The standard InChI is InChI=1S/C14H19N3O3S/c1-15-11-8-10(4-5-12(11)17(19)20)13(18)16-9-14(21-2)6-3-7-14/h4-5,8,15H,3,6-7,9H2,1-2H3,(H,16,18). The Bertz CT molecular complexity index is 553. The van der Waals surface area contributed by atoms with Crippen molar-refractivity contribution >= 4 is 29.0 Å². The summed E-state index contributed by atoms with van der Waals surface area (Å²) in [5.74, 6) is -0.193. The Kier molecular flexibility index (Phi) is 4.72. The van der Waals surface area contributed by atoms with Gasteiger partial charge >= 0.3 is 0 Å². The van der Waals surface area contributed by atoms with E-state index >= 15 is 0 Å². The number of nitrogens with zero attached hydrogens (tertiary/aromatic N) is 1. The molecule has 7 heteroatoms. The number of nitrogens with one attached hydrogen (secondary N) is 2. The predicted molar refractivity (Wildman–Crippen MR) is 85.1 cm³/mol. The summed E-state index contributed by atoms with van der Waals surface area (Å²) < 4.78 is 0.169. The summed E-state index contributed by atoms with van der Waals surface area (Å²) in [5.41, 5.74) is 0.741. The zero-order valence-electron chi connectivity index (χ0n) is 12.1. The number of carbonyl (C=O) groups is 1. The summed E-state index contributed by atoms with van der Waals surface area (Å²) >= 11 is 1.79. The molecule has 1 aromatic rings. The molecule has 0 aromatic heterocycles. The fraction of sp³-hybridized carbons (Fsp3) is 0.500. The molecule has 1 aromatic carbocycles. The van der Waals surface area contributed by atoms with Crippen LogP contribution in [0.15, 0.2) is 18.2 Å². The number of rotatable bonds is 6. The van der Waals surface area contributed by atoms with Gasteiger partial charge in [0, 0.05) is 30.0 Å². The number of benzene rings is 1. The summed E-state index contributed by atoms with van der Waals surface area (Å²) in [4.78, 5) is 22.6. The SMILES string of the molecule is CNc1cc(C(=O)NCC2(SC)CCC2)ccc1[N+](=O)[O-]. The number of anilines is 1. The van der Waals surface area contributed by atoms with E-state index in [0.717, 1.165) is 12.8 Å². The predicted octanol–water partition coefficient (Wildman–Crippen LogP) is 2.65. The minimum absolute atomic E-state index is 0.0337. The lowest BCUT2D eigenvalue weighted by Gasteiger charge is -2.40. The van der Waals surface area contributed by atoms with E-state index in [0.29, 0.717) is 17.8 Å². The van der Waals surface area contributed by atoms with Crippen LogP contribution in [0.25, 0.3) is 0 Å². The molecule has 0 bridgehead atoms. The van der Waals surface area contributed by atoms with Crippen molar-refractivity contribution in [2.45, 2.75) is 24.0 Å². The summed E-state index contributed by atoms with van der Waals surface area (Å²) in [6.07, 6.45) is 5.52. The van der Waals surface area contributed by atoms with Crippen molar-refractivity contribution in [2.24, 2.45) is 0 Å². The largest absolute Gasteiger partial charge is 0.383 e. The first kappa shape index (κ1) is 15.6. The van der Waals surface area contributed by atoms with Crippen LogP contribution in [0.3, 0.4) is 0 Å². The zero-order valence-corrected chi connectivity index (χ0v) is 13.0. The molecule has 114 valence electrons. The van der Waals surface area contributed by atoms with E-state index in [9.17, 15) is 14.9 Å². The van der Waals surface area contributed by atoms with E-state index < -0.39 is 4.92 Å². The van der Waals surface area contributed by atoms with Crippen LogP contribution in [0.5, 0.6) is 0 Å². The number of nitro benzene ring substituents is 1. The van der Waals surface area contributed by atoms with Crippen LogP contribution < -0.4 is 10.6 Å². The van der Waals surface area contributed by atoms with Crippen LogP contribution in [0.4, 0.5) is 11.4 Å². The van der Waals surface area contributed by atoms with Gasteiger partial charge in [0.05, 0.1) is 4.92 Å². The average Bonchev–Trinajstić information content (AvgIpc) is 2.45. The van der Waals surface area contributed by atoms with Crippen molar-refractivity contribution in [1.29, 1.82) is 0 Å². The lowest BCUT2D eigenvalue weighted by Crippen LogP contribution is -2.45. The molecule has 0 heterocycles. The van der Waals surface area contributed by atoms with Crippen molar-refractivity contribution in [3.8, 4) is 0 Å². The second-order valence-electron chi connectivity index (χ2n) is 5.16. The number of hydrogen-bond donors (Lipinski definition) is 2. The molecule has 1 fully saturated rings. The van der Waals surface area contributed by atoms with Crippen molar-refractivity contribution in [3.63, 3.8) is 0 Å². The smallest absolute Gasteiger partial charge is 0.292 e. The second kappa shape index (κ2) is 6.34. The summed E-state index contributed by atoms with van der Waals surface area (Å²) in [5, 5.41) is 16.6. The van der Waals surface area contributed by atoms with Crippen LogP contribution in [0, 0.1) is 10.1 Å². The first-order valence-electron chi connectivity index (χ1n) is 6.81. The maximum absolute atomic E-state index is 12.2. The monoisotopic (exact) mass is 309 g/mol. The molecule has 1 saturated carbocycles. The van der Waals surface area contributed by atoms with Crippen LogP contribution in [0.2, 0.25) is 0 Å². The molecule has 0 atom stereocenters. The molecule has 1 aliphatic carbocycles. The third kappa shape index (κ3) is 3.29. The summed E-state index contributed by atoms with van der Waals surface area (Å²) in [6.45, 7) is 0.638. The molecule has 1 amide bonds. The van der Waals surface area contributed by atoms with E-state index in [1.807, 2.05) is 0 Å². The average molecular weight is 309 g/mol. The minimum Gasteiger partial charge on any atom is -0.383 e. The molecule has 21 heavy (non-hydrogen) atoms. The van der Waals surface area contributed by atoms with E-state index in [-0.39, 0.29) is 16.3 Å². The molecule has 0 spiro atoms.